The standard InChI is InChI=1S/C20H21F3N6O2/c1-25-9-13(8-24)16-7-12-10-26-19(27-11-20(21,22)23)28-17(12)29(18(16)30)14-3-5-15(31-2)6-4-14/h3-10,19,27-28H,11,24H2,1-2H3. The van der Waals surface area contributed by atoms with Gasteiger partial charge < -0.3 is 15.8 Å². The summed E-state index contributed by atoms with van der Waals surface area (Å²) in [6, 6.07) is 8.23. The zero-order chi connectivity index (χ0) is 22.6. The molecule has 0 amide bonds. The fourth-order valence-electron chi connectivity index (χ4n) is 3.05. The van der Waals surface area contributed by atoms with Crippen molar-refractivity contribution in [3.8, 4) is 11.4 Å². The third-order valence-electron chi connectivity index (χ3n) is 4.45. The molecule has 1 aliphatic heterocycles. The molecule has 0 aliphatic carbocycles. The van der Waals surface area contributed by atoms with Crippen LogP contribution in [0, 0.1) is 0 Å². The van der Waals surface area contributed by atoms with E-state index in [4.69, 9.17) is 10.5 Å². The molecule has 1 unspecified atom stereocenters. The molecule has 1 aromatic carbocycles. The third kappa shape index (κ3) is 4.94. The molecule has 2 aromatic rings. The van der Waals surface area contributed by atoms with Gasteiger partial charge in [-0.15, -0.1) is 0 Å². The van der Waals surface area contributed by atoms with Gasteiger partial charge in [-0.2, -0.15) is 13.2 Å². The second-order valence-corrected chi connectivity index (χ2v) is 6.53. The van der Waals surface area contributed by atoms with Crippen LogP contribution in [0.15, 0.2) is 51.3 Å². The van der Waals surface area contributed by atoms with Gasteiger partial charge in [0.05, 0.1) is 24.9 Å². The SMILES string of the molecule is CN=CC(=CN)c1cc2c(n(-c3ccc(OC)cc3)c1=O)NC(NCC(F)(F)F)N=C2. The average molecular weight is 434 g/mol. The molecule has 31 heavy (non-hydrogen) atoms. The molecule has 1 atom stereocenters. The second-order valence-electron chi connectivity index (χ2n) is 6.53. The first-order chi connectivity index (χ1) is 14.8. The first-order valence-electron chi connectivity index (χ1n) is 9.16. The van der Waals surface area contributed by atoms with E-state index in [1.54, 1.807) is 37.4 Å². The minimum Gasteiger partial charge on any atom is -0.497 e. The van der Waals surface area contributed by atoms with Gasteiger partial charge in [-0.25, -0.2) is 0 Å². The van der Waals surface area contributed by atoms with Crippen LogP contribution < -0.4 is 26.7 Å². The molecule has 0 fully saturated rings. The maximum atomic E-state index is 13.4. The molecule has 0 radical (unpaired) electrons. The number of pyridine rings is 1. The van der Waals surface area contributed by atoms with E-state index in [1.165, 1.54) is 30.3 Å². The highest BCUT2D eigenvalue weighted by Crippen LogP contribution is 2.25. The average Bonchev–Trinajstić information content (AvgIpc) is 2.75. The van der Waals surface area contributed by atoms with Crippen LogP contribution in [0.5, 0.6) is 5.75 Å². The Morgan fingerprint density at radius 3 is 2.68 bits per heavy atom. The summed E-state index contributed by atoms with van der Waals surface area (Å²) in [6.45, 7) is -1.24. The zero-order valence-electron chi connectivity index (χ0n) is 16.8. The molecular formula is C20H21F3N6O2. The Balaban J connectivity index is 2.15. The molecule has 0 bridgehead atoms. The second kappa shape index (κ2) is 9.04. The number of anilines is 1. The highest BCUT2D eigenvalue weighted by Gasteiger charge is 2.29. The van der Waals surface area contributed by atoms with E-state index >= 15 is 0 Å². The van der Waals surface area contributed by atoms with Crippen LogP contribution in [0.3, 0.4) is 0 Å². The minimum atomic E-state index is -4.41. The number of fused-ring (bicyclic) bond motifs is 1. The van der Waals surface area contributed by atoms with E-state index in [1.807, 2.05) is 0 Å². The maximum Gasteiger partial charge on any atom is 0.401 e. The molecule has 8 nitrogen and oxygen atoms in total. The normalized spacial score (nSPS) is 16.3. The van der Waals surface area contributed by atoms with Crippen molar-refractivity contribution in [2.75, 3.05) is 26.0 Å². The van der Waals surface area contributed by atoms with Gasteiger partial charge >= 0.3 is 6.18 Å². The van der Waals surface area contributed by atoms with E-state index in [0.29, 0.717) is 28.4 Å². The van der Waals surface area contributed by atoms with Crippen LogP contribution in [0.4, 0.5) is 19.0 Å². The largest absolute Gasteiger partial charge is 0.497 e. The number of methoxy groups -OCH3 is 1. The van der Waals surface area contributed by atoms with Gasteiger partial charge in [0, 0.05) is 36.8 Å². The quantitative estimate of drug-likeness (QED) is 0.604. The molecule has 4 N–H and O–H groups in total. The molecule has 1 aliphatic rings. The van der Waals surface area contributed by atoms with Crippen LogP contribution in [-0.4, -0.2) is 50.2 Å². The number of hydrogen-bond donors (Lipinski definition) is 3. The predicted molar refractivity (Wildman–Crippen MR) is 114 cm³/mol. The third-order valence-corrected chi connectivity index (χ3v) is 4.45. The number of aliphatic imine (C=N–C) groups is 2. The number of ether oxygens (including phenoxy) is 1. The summed E-state index contributed by atoms with van der Waals surface area (Å²) in [6.07, 6.45) is -1.36. The molecule has 0 saturated heterocycles. The fourth-order valence-corrected chi connectivity index (χ4v) is 3.05. The highest BCUT2D eigenvalue weighted by atomic mass is 19.4. The molecular weight excluding hydrogens is 413 g/mol. The van der Waals surface area contributed by atoms with Gasteiger partial charge in [0.15, 0.2) is 6.29 Å². The Bertz CT molecular complexity index is 1090. The van der Waals surface area contributed by atoms with Crippen LogP contribution >= 0.6 is 0 Å². The number of rotatable bonds is 6. The van der Waals surface area contributed by atoms with Crippen molar-refractivity contribution in [3.63, 3.8) is 0 Å². The van der Waals surface area contributed by atoms with Crippen LogP contribution in [-0.2, 0) is 0 Å². The zero-order valence-corrected chi connectivity index (χ0v) is 16.8. The predicted octanol–water partition coefficient (Wildman–Crippen LogP) is 2.13. The van der Waals surface area contributed by atoms with Crippen LogP contribution in [0.2, 0.25) is 0 Å². The number of nitrogens with two attached hydrogens (primary N) is 1. The van der Waals surface area contributed by atoms with Crippen molar-refractivity contribution in [1.29, 1.82) is 0 Å². The molecule has 1 aromatic heterocycles. The summed E-state index contributed by atoms with van der Waals surface area (Å²) < 4.78 is 44.3. The maximum absolute atomic E-state index is 13.4. The van der Waals surface area contributed by atoms with E-state index in [-0.39, 0.29) is 5.56 Å². The molecule has 11 heteroatoms. The van der Waals surface area contributed by atoms with Crippen LogP contribution in [0.1, 0.15) is 11.1 Å². The summed E-state index contributed by atoms with van der Waals surface area (Å²) in [5.74, 6) is 0.875. The van der Waals surface area contributed by atoms with Gasteiger partial charge in [-0.05, 0) is 30.3 Å². The summed E-state index contributed by atoms with van der Waals surface area (Å²) >= 11 is 0. The van der Waals surface area contributed by atoms with Gasteiger partial charge in [-0.1, -0.05) is 0 Å². The first-order valence-corrected chi connectivity index (χ1v) is 9.16. The number of halogens is 3. The van der Waals surface area contributed by atoms with Crippen LogP contribution in [0.25, 0.3) is 11.3 Å². The number of aromatic nitrogens is 1. The first kappa shape index (κ1) is 22.1. The molecule has 0 saturated carbocycles. The Morgan fingerprint density at radius 1 is 1.39 bits per heavy atom. The number of nitrogens with one attached hydrogen (secondary N) is 2. The smallest absolute Gasteiger partial charge is 0.401 e. The van der Waals surface area contributed by atoms with Crippen molar-refractivity contribution in [1.82, 2.24) is 9.88 Å². The molecule has 2 heterocycles. The topological polar surface area (TPSA) is 106 Å². The molecule has 3 rings (SSSR count). The Morgan fingerprint density at radius 2 is 2.10 bits per heavy atom. The van der Waals surface area contributed by atoms with E-state index in [0.717, 1.165) is 0 Å². The Kier molecular flexibility index (Phi) is 6.44. The number of allylic oxidation sites excluding steroid dienone is 1. The monoisotopic (exact) mass is 434 g/mol. The fraction of sp³-hybridized carbons (Fsp3) is 0.250. The Labute approximate surface area is 176 Å². The highest BCUT2D eigenvalue weighted by molar-refractivity contribution is 6.10. The van der Waals surface area contributed by atoms with Crippen molar-refractivity contribution in [2.45, 2.75) is 12.5 Å². The van der Waals surface area contributed by atoms with Crippen molar-refractivity contribution in [3.05, 3.63) is 58.0 Å². The summed E-state index contributed by atoms with van der Waals surface area (Å²) in [5.41, 5.74) is 6.88. The van der Waals surface area contributed by atoms with Crippen molar-refractivity contribution < 1.29 is 17.9 Å². The number of alkyl halides is 3. The number of hydrogen-bond acceptors (Lipinski definition) is 7. The molecule has 164 valence electrons. The van der Waals surface area contributed by atoms with E-state index in [2.05, 4.69) is 20.6 Å². The van der Waals surface area contributed by atoms with E-state index < -0.39 is 24.6 Å². The summed E-state index contributed by atoms with van der Waals surface area (Å²) in [5, 5.41) is 5.13. The van der Waals surface area contributed by atoms with E-state index in [9.17, 15) is 18.0 Å². The minimum absolute atomic E-state index is 0.262. The lowest BCUT2D eigenvalue weighted by atomic mass is 10.1. The lowest BCUT2D eigenvalue weighted by Gasteiger charge is -2.26. The lowest BCUT2D eigenvalue weighted by Crippen LogP contribution is -2.43. The number of benzene rings is 1. The number of nitrogens with zero attached hydrogens (tertiary/aromatic N) is 3. The van der Waals surface area contributed by atoms with Crippen molar-refractivity contribution in [2.24, 2.45) is 15.7 Å². The summed E-state index contributed by atoms with van der Waals surface area (Å²) in [7, 11) is 3.06. The van der Waals surface area contributed by atoms with Gasteiger partial charge in [-0.3, -0.25) is 24.7 Å². The Hall–Kier alpha value is -3.60. The van der Waals surface area contributed by atoms with Crippen molar-refractivity contribution >= 4 is 23.8 Å². The lowest BCUT2D eigenvalue weighted by molar-refractivity contribution is -0.125. The van der Waals surface area contributed by atoms with Gasteiger partial charge in [0.25, 0.3) is 5.56 Å². The van der Waals surface area contributed by atoms with Gasteiger partial charge in [0.1, 0.15) is 11.6 Å². The summed E-state index contributed by atoms with van der Waals surface area (Å²) in [4.78, 5) is 21.4. The van der Waals surface area contributed by atoms with Gasteiger partial charge in [0.2, 0.25) is 0 Å². The molecule has 0 spiro atoms.